The monoisotopic (exact) mass is 423 g/mol. The Hall–Kier alpha value is -2.40. The molecule has 4 nitrogen and oxygen atoms in total. The maximum absolute atomic E-state index is 12.8. The maximum Gasteiger partial charge on any atom is 0.223 e. The lowest BCUT2D eigenvalue weighted by molar-refractivity contribution is -0.132. The number of aryl methyl sites for hydroxylation is 1. The van der Waals surface area contributed by atoms with Gasteiger partial charge in [-0.15, -0.1) is 0 Å². The lowest BCUT2D eigenvalue weighted by Crippen LogP contribution is -2.31. The summed E-state index contributed by atoms with van der Waals surface area (Å²) in [7, 11) is 0. The first kappa shape index (κ1) is 18.0. The number of nitrogens with zero attached hydrogens (tertiary/aromatic N) is 2. The Balaban J connectivity index is 1.37. The molecule has 5 heteroatoms. The van der Waals surface area contributed by atoms with Gasteiger partial charge in [0.25, 0.3) is 0 Å². The van der Waals surface area contributed by atoms with E-state index >= 15 is 0 Å². The zero-order valence-corrected chi connectivity index (χ0v) is 16.7. The molecule has 0 aliphatic carbocycles. The molecule has 1 atom stereocenters. The van der Waals surface area contributed by atoms with Crippen LogP contribution in [-0.2, 0) is 11.2 Å². The van der Waals surface area contributed by atoms with E-state index in [0.717, 1.165) is 36.2 Å². The number of halogens is 1. The highest BCUT2D eigenvalue weighted by molar-refractivity contribution is 9.10. The van der Waals surface area contributed by atoms with Crippen molar-refractivity contribution in [3.63, 3.8) is 0 Å². The second kappa shape index (κ2) is 8.09. The molecule has 138 valence electrons. The fourth-order valence-electron chi connectivity index (χ4n) is 3.72. The van der Waals surface area contributed by atoms with E-state index in [1.807, 2.05) is 23.1 Å². The van der Waals surface area contributed by atoms with E-state index in [0.29, 0.717) is 6.42 Å². The molecule has 1 aromatic heterocycles. The van der Waals surface area contributed by atoms with Gasteiger partial charge in [-0.25, -0.2) is 4.98 Å². The molecule has 27 heavy (non-hydrogen) atoms. The number of rotatable bonds is 5. The Labute approximate surface area is 167 Å². The second-order valence-electron chi connectivity index (χ2n) is 6.92. The number of benzene rings is 2. The first-order valence-corrected chi connectivity index (χ1v) is 10.1. The van der Waals surface area contributed by atoms with Crippen molar-refractivity contribution in [3.8, 4) is 11.1 Å². The van der Waals surface area contributed by atoms with Crippen LogP contribution in [0.2, 0.25) is 0 Å². The number of amides is 1. The van der Waals surface area contributed by atoms with Crippen molar-refractivity contribution in [3.05, 3.63) is 76.8 Å². The smallest absolute Gasteiger partial charge is 0.223 e. The minimum Gasteiger partial charge on any atom is -0.335 e. The SMILES string of the molecule is O=C(CCc1ccc(-c2ccccc2)cc1)N1CCC[C@H]1c1ncc(Br)[nH]1. The van der Waals surface area contributed by atoms with Gasteiger partial charge in [0.05, 0.1) is 12.2 Å². The van der Waals surface area contributed by atoms with E-state index in [-0.39, 0.29) is 11.9 Å². The van der Waals surface area contributed by atoms with Gasteiger partial charge in [-0.1, -0.05) is 54.6 Å². The summed E-state index contributed by atoms with van der Waals surface area (Å²) in [6, 6.07) is 18.9. The van der Waals surface area contributed by atoms with Crippen LogP contribution in [-0.4, -0.2) is 27.3 Å². The number of nitrogens with one attached hydrogen (secondary N) is 1. The molecule has 1 amide bonds. The van der Waals surface area contributed by atoms with Crippen molar-refractivity contribution >= 4 is 21.8 Å². The van der Waals surface area contributed by atoms with Crippen LogP contribution in [0.25, 0.3) is 11.1 Å². The van der Waals surface area contributed by atoms with E-state index in [1.165, 1.54) is 16.7 Å². The van der Waals surface area contributed by atoms with Crippen LogP contribution >= 0.6 is 15.9 Å². The number of hydrogen-bond acceptors (Lipinski definition) is 2. The number of aromatic nitrogens is 2. The predicted octanol–water partition coefficient (Wildman–Crippen LogP) is 5.14. The van der Waals surface area contributed by atoms with Crippen LogP contribution in [0.15, 0.2) is 65.4 Å². The number of aromatic amines is 1. The number of hydrogen-bond donors (Lipinski definition) is 1. The average Bonchev–Trinajstić information content (AvgIpc) is 3.36. The fourth-order valence-corrected chi connectivity index (χ4v) is 4.03. The van der Waals surface area contributed by atoms with Crippen LogP contribution in [0.1, 0.15) is 36.7 Å². The molecule has 1 aliphatic rings. The summed E-state index contributed by atoms with van der Waals surface area (Å²) in [5.74, 6) is 1.08. The van der Waals surface area contributed by atoms with Crippen LogP contribution in [0.3, 0.4) is 0 Å². The van der Waals surface area contributed by atoms with Gasteiger partial charge in [-0.3, -0.25) is 4.79 Å². The molecule has 2 aromatic carbocycles. The topological polar surface area (TPSA) is 49.0 Å². The summed E-state index contributed by atoms with van der Waals surface area (Å²) in [6.45, 7) is 0.814. The van der Waals surface area contributed by atoms with Crippen LogP contribution < -0.4 is 0 Å². The lowest BCUT2D eigenvalue weighted by atomic mass is 10.0. The van der Waals surface area contributed by atoms with Gasteiger partial charge in [0.1, 0.15) is 10.4 Å². The largest absolute Gasteiger partial charge is 0.335 e. The molecule has 1 N–H and O–H groups in total. The van der Waals surface area contributed by atoms with Crippen LogP contribution in [0, 0.1) is 0 Å². The van der Waals surface area contributed by atoms with E-state index in [9.17, 15) is 4.79 Å². The third-order valence-electron chi connectivity index (χ3n) is 5.14. The molecular formula is C22H22BrN3O. The maximum atomic E-state index is 12.8. The van der Waals surface area contributed by atoms with Crippen molar-refractivity contribution in [1.82, 2.24) is 14.9 Å². The molecule has 1 aliphatic heterocycles. The highest BCUT2D eigenvalue weighted by Crippen LogP contribution is 2.31. The highest BCUT2D eigenvalue weighted by Gasteiger charge is 2.31. The summed E-state index contributed by atoms with van der Waals surface area (Å²) < 4.78 is 0.857. The van der Waals surface area contributed by atoms with E-state index in [1.54, 1.807) is 6.20 Å². The molecular weight excluding hydrogens is 402 g/mol. The third-order valence-corrected chi connectivity index (χ3v) is 5.54. The van der Waals surface area contributed by atoms with E-state index in [2.05, 4.69) is 62.3 Å². The molecule has 0 spiro atoms. The van der Waals surface area contributed by atoms with Gasteiger partial charge in [0.2, 0.25) is 5.91 Å². The standard InChI is InChI=1S/C22H22BrN3O/c23-20-15-24-22(25-20)19-7-4-14-26(19)21(27)13-10-16-8-11-18(12-9-16)17-5-2-1-3-6-17/h1-3,5-6,8-9,11-12,15,19H,4,7,10,13-14H2,(H,24,25)/t19-/m0/s1. The van der Waals surface area contributed by atoms with Crippen molar-refractivity contribution in [1.29, 1.82) is 0 Å². The van der Waals surface area contributed by atoms with Gasteiger partial charge in [-0.2, -0.15) is 0 Å². The highest BCUT2D eigenvalue weighted by atomic mass is 79.9. The third kappa shape index (κ3) is 4.14. The lowest BCUT2D eigenvalue weighted by Gasteiger charge is -2.23. The fraction of sp³-hybridized carbons (Fsp3) is 0.273. The Morgan fingerprint density at radius 2 is 1.85 bits per heavy atom. The Bertz CT molecular complexity index is 905. The molecule has 3 aromatic rings. The molecule has 2 heterocycles. The normalized spacial score (nSPS) is 16.6. The van der Waals surface area contributed by atoms with Gasteiger partial charge >= 0.3 is 0 Å². The summed E-state index contributed by atoms with van der Waals surface area (Å²) >= 11 is 3.40. The number of carbonyl (C=O) groups excluding carboxylic acids is 1. The second-order valence-corrected chi connectivity index (χ2v) is 7.78. The van der Waals surface area contributed by atoms with Gasteiger partial charge in [0.15, 0.2) is 0 Å². The number of likely N-dealkylation sites (tertiary alicyclic amines) is 1. The number of imidazole rings is 1. The van der Waals surface area contributed by atoms with E-state index in [4.69, 9.17) is 0 Å². The van der Waals surface area contributed by atoms with Gasteiger partial charge < -0.3 is 9.88 Å². The molecule has 0 unspecified atom stereocenters. The minimum atomic E-state index is 0.0734. The summed E-state index contributed by atoms with van der Waals surface area (Å²) in [6.07, 6.45) is 5.05. The van der Waals surface area contributed by atoms with Crippen molar-refractivity contribution < 1.29 is 4.79 Å². The minimum absolute atomic E-state index is 0.0734. The Kier molecular flexibility index (Phi) is 5.39. The zero-order valence-electron chi connectivity index (χ0n) is 15.1. The first-order valence-electron chi connectivity index (χ1n) is 9.35. The Morgan fingerprint density at radius 3 is 2.56 bits per heavy atom. The number of H-pyrrole nitrogens is 1. The Morgan fingerprint density at radius 1 is 1.11 bits per heavy atom. The van der Waals surface area contributed by atoms with Crippen molar-refractivity contribution in [2.24, 2.45) is 0 Å². The molecule has 0 saturated carbocycles. The summed E-state index contributed by atoms with van der Waals surface area (Å²) in [4.78, 5) is 22.3. The quantitative estimate of drug-likeness (QED) is 0.617. The van der Waals surface area contributed by atoms with Gasteiger partial charge in [-0.05, 0) is 51.9 Å². The van der Waals surface area contributed by atoms with Crippen LogP contribution in [0.5, 0.6) is 0 Å². The molecule has 0 bridgehead atoms. The molecule has 1 fully saturated rings. The van der Waals surface area contributed by atoms with Crippen LogP contribution in [0.4, 0.5) is 0 Å². The molecule has 4 rings (SSSR count). The summed E-state index contributed by atoms with van der Waals surface area (Å²) in [5, 5.41) is 0. The van der Waals surface area contributed by atoms with Crippen molar-refractivity contribution in [2.45, 2.75) is 31.7 Å². The zero-order chi connectivity index (χ0) is 18.6. The first-order chi connectivity index (χ1) is 13.2. The van der Waals surface area contributed by atoms with Crippen molar-refractivity contribution in [2.75, 3.05) is 6.54 Å². The van der Waals surface area contributed by atoms with E-state index < -0.39 is 0 Å². The summed E-state index contributed by atoms with van der Waals surface area (Å²) in [5.41, 5.74) is 3.61. The predicted molar refractivity (Wildman–Crippen MR) is 110 cm³/mol. The number of carbonyl (C=O) groups is 1. The molecule has 0 radical (unpaired) electrons. The van der Waals surface area contributed by atoms with Gasteiger partial charge in [0, 0.05) is 13.0 Å². The average molecular weight is 424 g/mol. The molecule has 1 saturated heterocycles.